The number of hydrogen-bond acceptors (Lipinski definition) is 10. The van der Waals surface area contributed by atoms with E-state index in [9.17, 15) is 18.8 Å². The van der Waals surface area contributed by atoms with Crippen molar-refractivity contribution in [1.82, 2.24) is 19.6 Å². The molecule has 2 atom stereocenters. The van der Waals surface area contributed by atoms with Crippen molar-refractivity contribution in [2.75, 3.05) is 44.5 Å². The average Bonchev–Trinajstić information content (AvgIpc) is 3.27. The summed E-state index contributed by atoms with van der Waals surface area (Å²) in [5.74, 6) is -0.977. The van der Waals surface area contributed by atoms with Gasteiger partial charge in [0.1, 0.15) is 28.8 Å². The Morgan fingerprint density at radius 1 is 1.29 bits per heavy atom. The maximum atomic E-state index is 14.8. The second-order valence-electron chi connectivity index (χ2n) is 10.2. The van der Waals surface area contributed by atoms with Crippen LogP contribution >= 0.6 is 0 Å². The van der Waals surface area contributed by atoms with Gasteiger partial charge in [0.05, 0.1) is 18.8 Å². The lowest BCUT2D eigenvalue weighted by Crippen LogP contribution is -2.43. The predicted octanol–water partition coefficient (Wildman–Crippen LogP) is 3.50. The maximum absolute atomic E-state index is 14.8. The van der Waals surface area contributed by atoms with E-state index in [0.717, 1.165) is 0 Å². The molecule has 1 N–H and O–H groups in total. The van der Waals surface area contributed by atoms with E-state index in [0.29, 0.717) is 13.0 Å². The van der Waals surface area contributed by atoms with E-state index in [1.807, 2.05) is 11.9 Å². The van der Waals surface area contributed by atoms with Crippen LogP contribution in [0.2, 0.25) is 0 Å². The van der Waals surface area contributed by atoms with Gasteiger partial charge in [-0.15, -0.1) is 0 Å². The van der Waals surface area contributed by atoms with Crippen LogP contribution < -0.4 is 15.8 Å². The van der Waals surface area contributed by atoms with Gasteiger partial charge in [-0.2, -0.15) is 0 Å². The van der Waals surface area contributed by atoms with Crippen molar-refractivity contribution < 1.29 is 28.0 Å². The minimum atomic E-state index is -1.20. The van der Waals surface area contributed by atoms with Crippen LogP contribution in [0.15, 0.2) is 33.7 Å². The van der Waals surface area contributed by atoms with E-state index in [4.69, 9.17) is 14.0 Å². The summed E-state index contributed by atoms with van der Waals surface area (Å²) in [5.41, 5.74) is -0.735. The number of pyridine rings is 2. The van der Waals surface area contributed by atoms with Gasteiger partial charge >= 0.3 is 12.1 Å². The van der Waals surface area contributed by atoms with Crippen LogP contribution in [0.4, 0.5) is 26.4 Å². The van der Waals surface area contributed by atoms with E-state index in [2.05, 4.69) is 15.5 Å². The zero-order valence-electron chi connectivity index (χ0n) is 22.1. The number of likely N-dealkylation sites (tertiary alicyclic amines) is 1. The SMILES string of the molecule is COC(=O)c1onc2c(N(C)C(=O)OC(C)(C)C)cc(Nc3cccn(C4CCN(C)C[C@@H]4F)c3=O)nc12. The first-order valence-electron chi connectivity index (χ1n) is 12.1. The van der Waals surface area contributed by atoms with Crippen molar-refractivity contribution >= 4 is 40.3 Å². The number of fused-ring (bicyclic) bond motifs is 1. The third-order valence-electron chi connectivity index (χ3n) is 6.12. The van der Waals surface area contributed by atoms with Gasteiger partial charge in [0.2, 0.25) is 0 Å². The van der Waals surface area contributed by atoms with Gasteiger partial charge in [-0.25, -0.2) is 19.0 Å². The van der Waals surface area contributed by atoms with E-state index in [1.54, 1.807) is 39.1 Å². The molecule has 0 radical (unpaired) electrons. The van der Waals surface area contributed by atoms with Gasteiger partial charge in [0.15, 0.2) is 5.52 Å². The molecule has 3 aromatic rings. The van der Waals surface area contributed by atoms with Crippen LogP contribution in [-0.2, 0) is 9.47 Å². The fraction of sp³-hybridized carbons (Fsp3) is 0.480. The Morgan fingerprint density at radius 2 is 2.03 bits per heavy atom. The first kappa shape index (κ1) is 27.0. The molecule has 1 fully saturated rings. The largest absolute Gasteiger partial charge is 0.463 e. The van der Waals surface area contributed by atoms with E-state index in [-0.39, 0.29) is 40.5 Å². The number of halogens is 1. The lowest BCUT2D eigenvalue weighted by Gasteiger charge is -2.33. The molecule has 1 aliphatic rings. The molecule has 3 aromatic heterocycles. The quantitative estimate of drug-likeness (QED) is 0.489. The summed E-state index contributed by atoms with van der Waals surface area (Å²) in [4.78, 5) is 45.9. The number of nitrogens with one attached hydrogen (secondary N) is 1. The molecule has 0 aromatic carbocycles. The highest BCUT2D eigenvalue weighted by molar-refractivity contribution is 6.06. The fourth-order valence-corrected chi connectivity index (χ4v) is 4.24. The standard InChI is InChI=1S/C25H31FN6O6/c1-25(2,3)37-24(35)31(5)17-12-18(28-20-19(17)29-38-21(20)23(34)36-6)27-15-8-7-10-32(22(15)33)16-9-11-30(4)13-14(16)26/h7-8,10,12,14,16H,9,11,13H2,1-6H3,(H,27,28)/t14-,16?/m0/s1. The zero-order valence-corrected chi connectivity index (χ0v) is 22.1. The average molecular weight is 531 g/mol. The summed E-state index contributed by atoms with van der Waals surface area (Å²) in [6.07, 6.45) is 0.157. The lowest BCUT2D eigenvalue weighted by molar-refractivity contribution is 0.0554. The smallest absolute Gasteiger partial charge is 0.414 e. The van der Waals surface area contributed by atoms with Crippen molar-refractivity contribution in [1.29, 1.82) is 0 Å². The molecule has 4 rings (SSSR count). The molecule has 1 saturated heterocycles. The number of anilines is 3. The molecule has 1 aliphatic heterocycles. The summed E-state index contributed by atoms with van der Waals surface area (Å²) in [6.45, 7) is 6.08. The molecule has 4 heterocycles. The number of ether oxygens (including phenoxy) is 2. The van der Waals surface area contributed by atoms with Crippen LogP contribution in [0.1, 0.15) is 43.8 Å². The van der Waals surface area contributed by atoms with E-state index in [1.165, 1.54) is 29.7 Å². The molecule has 0 spiro atoms. The zero-order chi connectivity index (χ0) is 27.8. The Hall–Kier alpha value is -4.00. The van der Waals surface area contributed by atoms with E-state index < -0.39 is 35.4 Å². The number of carbonyl (C=O) groups excluding carboxylic acids is 2. The predicted molar refractivity (Wildman–Crippen MR) is 138 cm³/mol. The van der Waals surface area contributed by atoms with Gasteiger partial charge in [-0.05, 0) is 46.4 Å². The maximum Gasteiger partial charge on any atom is 0.414 e. The molecule has 0 saturated carbocycles. The number of esters is 1. The molecule has 0 bridgehead atoms. The minimum absolute atomic E-state index is 0.0163. The van der Waals surface area contributed by atoms with Crippen molar-refractivity contribution in [3.8, 4) is 0 Å². The number of rotatable bonds is 5. The summed E-state index contributed by atoms with van der Waals surface area (Å²) >= 11 is 0. The molecule has 13 heteroatoms. The minimum Gasteiger partial charge on any atom is -0.463 e. The first-order valence-corrected chi connectivity index (χ1v) is 12.1. The number of alkyl halides is 1. The highest BCUT2D eigenvalue weighted by atomic mass is 19.1. The number of hydrogen-bond donors (Lipinski definition) is 1. The highest BCUT2D eigenvalue weighted by Crippen LogP contribution is 2.32. The Morgan fingerprint density at radius 3 is 2.68 bits per heavy atom. The third-order valence-corrected chi connectivity index (χ3v) is 6.12. The van der Waals surface area contributed by atoms with Crippen molar-refractivity contribution in [2.45, 2.75) is 45.0 Å². The molecule has 1 unspecified atom stereocenters. The second kappa shape index (κ2) is 10.4. The molecule has 0 aliphatic carbocycles. The molecule has 204 valence electrons. The number of aromatic nitrogens is 3. The van der Waals surface area contributed by atoms with Gasteiger partial charge in [-0.1, -0.05) is 5.16 Å². The van der Waals surface area contributed by atoms with Crippen LogP contribution in [0.5, 0.6) is 0 Å². The van der Waals surface area contributed by atoms with Crippen molar-refractivity contribution in [3.63, 3.8) is 0 Å². The van der Waals surface area contributed by atoms with Crippen LogP contribution in [0.3, 0.4) is 0 Å². The first-order chi connectivity index (χ1) is 17.9. The normalized spacial score (nSPS) is 18.3. The van der Waals surface area contributed by atoms with Crippen LogP contribution in [-0.4, -0.2) is 77.7 Å². The van der Waals surface area contributed by atoms with Gasteiger partial charge in [0, 0.05) is 32.4 Å². The van der Waals surface area contributed by atoms with Crippen LogP contribution in [0.25, 0.3) is 11.0 Å². The Kier molecular flexibility index (Phi) is 7.40. The summed E-state index contributed by atoms with van der Waals surface area (Å²) in [6, 6.07) is 4.05. The number of methoxy groups -OCH3 is 1. The number of amides is 1. The molecular formula is C25H31FN6O6. The van der Waals surface area contributed by atoms with Gasteiger partial charge in [-0.3, -0.25) is 9.69 Å². The van der Waals surface area contributed by atoms with E-state index >= 15 is 0 Å². The molecule has 1 amide bonds. The summed E-state index contributed by atoms with van der Waals surface area (Å²) < 4.78 is 31.6. The molecular weight excluding hydrogens is 499 g/mol. The van der Waals surface area contributed by atoms with Crippen LogP contribution in [0, 0.1) is 0 Å². The number of carbonyl (C=O) groups is 2. The van der Waals surface area contributed by atoms with Crippen molar-refractivity contribution in [3.05, 3.63) is 40.5 Å². The molecule has 12 nitrogen and oxygen atoms in total. The second-order valence-corrected chi connectivity index (χ2v) is 10.2. The molecule has 38 heavy (non-hydrogen) atoms. The Labute approximate surface area is 218 Å². The van der Waals surface area contributed by atoms with Gasteiger partial charge in [0.25, 0.3) is 11.3 Å². The summed E-state index contributed by atoms with van der Waals surface area (Å²) in [5, 5.41) is 6.86. The fourth-order valence-electron chi connectivity index (χ4n) is 4.24. The van der Waals surface area contributed by atoms with Crippen molar-refractivity contribution in [2.24, 2.45) is 0 Å². The Balaban J connectivity index is 1.76. The lowest BCUT2D eigenvalue weighted by atomic mass is 10.0. The number of nitrogens with zero attached hydrogens (tertiary/aromatic N) is 5. The topological polar surface area (TPSA) is 132 Å². The van der Waals surface area contributed by atoms with Gasteiger partial charge < -0.3 is 28.8 Å². The number of piperidine rings is 1. The monoisotopic (exact) mass is 530 g/mol. The Bertz CT molecular complexity index is 1410. The third kappa shape index (κ3) is 5.47. The summed E-state index contributed by atoms with van der Waals surface area (Å²) in [7, 11) is 4.49. The highest BCUT2D eigenvalue weighted by Gasteiger charge is 2.31.